The largest absolute Gasteiger partial charge is 0.325 e. The van der Waals surface area contributed by atoms with Crippen LogP contribution in [0.1, 0.15) is 58.4 Å². The van der Waals surface area contributed by atoms with Crippen LogP contribution in [-0.4, -0.2) is 4.98 Å². The van der Waals surface area contributed by atoms with Crippen molar-refractivity contribution in [3.8, 4) is 0 Å². The van der Waals surface area contributed by atoms with Crippen LogP contribution in [0.4, 0.5) is 0 Å². The maximum atomic E-state index is 5.80. The van der Waals surface area contributed by atoms with E-state index < -0.39 is 0 Å². The average Bonchev–Trinajstić information content (AvgIpc) is 2.13. The molecule has 0 amide bonds. The molecule has 1 rings (SSSR count). The molecule has 0 saturated carbocycles. The molecule has 0 spiro atoms. The molecule has 0 radical (unpaired) electrons. The van der Waals surface area contributed by atoms with Gasteiger partial charge in [-0.05, 0) is 28.0 Å². The van der Waals surface area contributed by atoms with E-state index in [0.717, 1.165) is 5.69 Å². The molecule has 90 valence electrons. The third-order valence-electron chi connectivity index (χ3n) is 2.78. The quantitative estimate of drug-likeness (QED) is 0.789. The number of aromatic nitrogens is 1. The Morgan fingerprint density at radius 3 is 2.00 bits per heavy atom. The lowest BCUT2D eigenvalue weighted by Gasteiger charge is -2.31. The van der Waals surface area contributed by atoms with Gasteiger partial charge in [-0.1, -0.05) is 41.5 Å². The SMILES string of the molecule is CC(C)(C)c1ccnc(CN)c1C(C)(C)C. The Balaban J connectivity index is 3.51. The molecule has 0 aromatic carbocycles. The molecular formula is C14H24N2. The highest BCUT2D eigenvalue weighted by molar-refractivity contribution is 5.40. The van der Waals surface area contributed by atoms with E-state index in [1.807, 2.05) is 6.20 Å². The van der Waals surface area contributed by atoms with Gasteiger partial charge in [-0.2, -0.15) is 0 Å². The Morgan fingerprint density at radius 1 is 1.06 bits per heavy atom. The summed E-state index contributed by atoms with van der Waals surface area (Å²) in [7, 11) is 0. The van der Waals surface area contributed by atoms with Crippen LogP contribution in [0, 0.1) is 0 Å². The maximum absolute atomic E-state index is 5.80. The fraction of sp³-hybridized carbons (Fsp3) is 0.643. The highest BCUT2D eigenvalue weighted by Gasteiger charge is 2.27. The molecule has 2 nitrogen and oxygen atoms in total. The predicted molar refractivity (Wildman–Crippen MR) is 69.5 cm³/mol. The molecule has 2 heteroatoms. The van der Waals surface area contributed by atoms with Crippen LogP contribution in [0.25, 0.3) is 0 Å². The summed E-state index contributed by atoms with van der Waals surface area (Å²) in [6.45, 7) is 13.9. The van der Waals surface area contributed by atoms with Gasteiger partial charge in [0.25, 0.3) is 0 Å². The molecule has 0 saturated heterocycles. The fourth-order valence-corrected chi connectivity index (χ4v) is 2.12. The molecule has 0 fully saturated rings. The fourth-order valence-electron chi connectivity index (χ4n) is 2.12. The van der Waals surface area contributed by atoms with Crippen molar-refractivity contribution in [2.75, 3.05) is 0 Å². The molecule has 16 heavy (non-hydrogen) atoms. The van der Waals surface area contributed by atoms with Crippen LogP contribution in [0.2, 0.25) is 0 Å². The summed E-state index contributed by atoms with van der Waals surface area (Å²) in [4.78, 5) is 4.41. The average molecular weight is 220 g/mol. The minimum absolute atomic E-state index is 0.0889. The molecule has 1 heterocycles. The van der Waals surface area contributed by atoms with Crippen LogP contribution in [0.15, 0.2) is 12.3 Å². The number of pyridine rings is 1. The van der Waals surface area contributed by atoms with Gasteiger partial charge in [-0.25, -0.2) is 0 Å². The van der Waals surface area contributed by atoms with E-state index in [0.29, 0.717) is 6.54 Å². The van der Waals surface area contributed by atoms with E-state index in [4.69, 9.17) is 5.73 Å². The molecular weight excluding hydrogens is 196 g/mol. The number of hydrogen-bond acceptors (Lipinski definition) is 2. The van der Waals surface area contributed by atoms with Crippen LogP contribution in [0.5, 0.6) is 0 Å². The first-order chi connectivity index (χ1) is 7.18. The predicted octanol–water partition coefficient (Wildman–Crippen LogP) is 3.14. The van der Waals surface area contributed by atoms with Crippen molar-refractivity contribution in [1.82, 2.24) is 4.98 Å². The van der Waals surface area contributed by atoms with Gasteiger partial charge in [0.2, 0.25) is 0 Å². The van der Waals surface area contributed by atoms with E-state index in [1.165, 1.54) is 11.1 Å². The minimum atomic E-state index is 0.0889. The Bertz CT molecular complexity index is 367. The third-order valence-corrected chi connectivity index (χ3v) is 2.78. The Hall–Kier alpha value is -0.890. The zero-order valence-electron chi connectivity index (χ0n) is 11.4. The van der Waals surface area contributed by atoms with E-state index in [1.54, 1.807) is 0 Å². The highest BCUT2D eigenvalue weighted by Crippen LogP contribution is 2.35. The first-order valence-corrected chi connectivity index (χ1v) is 5.87. The van der Waals surface area contributed by atoms with Gasteiger partial charge in [0.05, 0.1) is 5.69 Å². The first-order valence-electron chi connectivity index (χ1n) is 5.87. The summed E-state index contributed by atoms with van der Waals surface area (Å²) in [6, 6.07) is 2.12. The Morgan fingerprint density at radius 2 is 1.62 bits per heavy atom. The summed E-state index contributed by atoms with van der Waals surface area (Å²) in [5.74, 6) is 0. The van der Waals surface area contributed by atoms with Crippen LogP contribution in [0.3, 0.4) is 0 Å². The number of nitrogens with two attached hydrogens (primary N) is 1. The van der Waals surface area contributed by atoms with Gasteiger partial charge in [-0.15, -0.1) is 0 Å². The summed E-state index contributed by atoms with van der Waals surface area (Å²) in [5, 5.41) is 0. The van der Waals surface area contributed by atoms with Crippen molar-refractivity contribution in [3.63, 3.8) is 0 Å². The van der Waals surface area contributed by atoms with Crippen molar-refractivity contribution in [3.05, 3.63) is 29.1 Å². The van der Waals surface area contributed by atoms with Crippen LogP contribution >= 0.6 is 0 Å². The number of nitrogens with zero attached hydrogens (tertiary/aromatic N) is 1. The summed E-state index contributed by atoms with van der Waals surface area (Å²) in [6.07, 6.45) is 1.87. The lowest BCUT2D eigenvalue weighted by atomic mass is 9.74. The second kappa shape index (κ2) is 4.17. The summed E-state index contributed by atoms with van der Waals surface area (Å²) >= 11 is 0. The summed E-state index contributed by atoms with van der Waals surface area (Å²) in [5.41, 5.74) is 9.72. The number of hydrogen-bond donors (Lipinski definition) is 1. The maximum Gasteiger partial charge on any atom is 0.0579 e. The van der Waals surface area contributed by atoms with Gasteiger partial charge < -0.3 is 5.73 Å². The zero-order chi connectivity index (χ0) is 12.6. The molecule has 0 bridgehead atoms. The van der Waals surface area contributed by atoms with Crippen molar-refractivity contribution in [1.29, 1.82) is 0 Å². The molecule has 0 atom stereocenters. The van der Waals surface area contributed by atoms with Crippen LogP contribution in [-0.2, 0) is 17.4 Å². The van der Waals surface area contributed by atoms with E-state index >= 15 is 0 Å². The van der Waals surface area contributed by atoms with Gasteiger partial charge in [0.15, 0.2) is 0 Å². The highest BCUT2D eigenvalue weighted by atomic mass is 14.7. The van der Waals surface area contributed by atoms with Crippen molar-refractivity contribution in [2.24, 2.45) is 5.73 Å². The van der Waals surface area contributed by atoms with E-state index in [9.17, 15) is 0 Å². The van der Waals surface area contributed by atoms with Gasteiger partial charge in [0.1, 0.15) is 0 Å². The Kier molecular flexibility index (Phi) is 3.44. The van der Waals surface area contributed by atoms with E-state index in [-0.39, 0.29) is 10.8 Å². The van der Waals surface area contributed by atoms with Gasteiger partial charge in [0, 0.05) is 12.7 Å². The molecule has 2 N–H and O–H groups in total. The smallest absolute Gasteiger partial charge is 0.0579 e. The molecule has 0 aliphatic heterocycles. The monoisotopic (exact) mass is 220 g/mol. The second-order valence-electron chi connectivity index (χ2n) is 6.38. The molecule has 0 aliphatic carbocycles. The molecule has 0 unspecified atom stereocenters. The lowest BCUT2D eigenvalue weighted by Crippen LogP contribution is -2.25. The minimum Gasteiger partial charge on any atom is -0.325 e. The summed E-state index contributed by atoms with van der Waals surface area (Å²) < 4.78 is 0. The molecule has 1 aromatic heterocycles. The lowest BCUT2D eigenvalue weighted by molar-refractivity contribution is 0.521. The standard InChI is InChI=1S/C14H24N2/c1-13(2,3)10-7-8-16-11(9-15)12(10)14(4,5)6/h7-8H,9,15H2,1-6H3. The number of rotatable bonds is 1. The van der Waals surface area contributed by atoms with Gasteiger partial charge >= 0.3 is 0 Å². The molecule has 0 aliphatic rings. The third kappa shape index (κ3) is 2.62. The zero-order valence-corrected chi connectivity index (χ0v) is 11.4. The van der Waals surface area contributed by atoms with E-state index in [2.05, 4.69) is 52.6 Å². The first kappa shape index (κ1) is 13.2. The van der Waals surface area contributed by atoms with Crippen molar-refractivity contribution < 1.29 is 0 Å². The molecule has 1 aromatic rings. The van der Waals surface area contributed by atoms with Crippen molar-refractivity contribution >= 4 is 0 Å². The normalized spacial score (nSPS) is 12.9. The van der Waals surface area contributed by atoms with Gasteiger partial charge in [-0.3, -0.25) is 4.98 Å². The second-order valence-corrected chi connectivity index (χ2v) is 6.38. The van der Waals surface area contributed by atoms with Crippen molar-refractivity contribution in [2.45, 2.75) is 58.9 Å². The topological polar surface area (TPSA) is 38.9 Å². The Labute approximate surface area is 99.3 Å². The van der Waals surface area contributed by atoms with Crippen LogP contribution < -0.4 is 5.73 Å².